The van der Waals surface area contributed by atoms with Crippen LogP contribution >= 0.6 is 0 Å². The van der Waals surface area contributed by atoms with E-state index in [2.05, 4.69) is 13.8 Å². The number of benzene rings is 1. The molecule has 0 unspecified atom stereocenters. The zero-order valence-corrected chi connectivity index (χ0v) is 9.63. The molecule has 1 aliphatic rings. The van der Waals surface area contributed by atoms with Gasteiger partial charge < -0.3 is 9.84 Å². The highest BCUT2D eigenvalue weighted by Gasteiger charge is 2.40. The fourth-order valence-electron chi connectivity index (χ4n) is 2.00. The van der Waals surface area contributed by atoms with E-state index in [9.17, 15) is 5.11 Å². The van der Waals surface area contributed by atoms with Crippen molar-refractivity contribution in [3.8, 4) is 5.75 Å². The fraction of sp³-hybridized carbons (Fsp3) is 0.538. The lowest BCUT2D eigenvalue weighted by atomic mass is 9.96. The van der Waals surface area contributed by atoms with Gasteiger partial charge in [-0.2, -0.15) is 0 Å². The number of methoxy groups -OCH3 is 1. The summed E-state index contributed by atoms with van der Waals surface area (Å²) in [5.41, 5.74) is 3.29. The van der Waals surface area contributed by atoms with E-state index >= 15 is 0 Å². The van der Waals surface area contributed by atoms with Gasteiger partial charge in [-0.05, 0) is 55.5 Å². The van der Waals surface area contributed by atoms with Gasteiger partial charge >= 0.3 is 0 Å². The molecule has 1 fully saturated rings. The van der Waals surface area contributed by atoms with E-state index in [1.165, 1.54) is 16.7 Å². The summed E-state index contributed by atoms with van der Waals surface area (Å²) in [6.45, 7) is 4.16. The van der Waals surface area contributed by atoms with Crippen LogP contribution < -0.4 is 4.74 Å². The van der Waals surface area contributed by atoms with Crippen LogP contribution in [0.5, 0.6) is 5.75 Å². The van der Waals surface area contributed by atoms with Crippen LogP contribution in [0.25, 0.3) is 0 Å². The second-order valence-electron chi connectivity index (χ2n) is 4.64. The number of ether oxygens (including phenoxy) is 1. The minimum atomic E-state index is -0.413. The van der Waals surface area contributed by atoms with Gasteiger partial charge in [0.25, 0.3) is 0 Å². The lowest BCUT2D eigenvalue weighted by Gasteiger charge is -2.15. The smallest absolute Gasteiger partial charge is 0.119 e. The molecule has 2 heteroatoms. The Morgan fingerprint density at radius 3 is 2.20 bits per heavy atom. The highest BCUT2D eigenvalue weighted by molar-refractivity contribution is 5.42. The molecule has 2 nitrogen and oxygen atoms in total. The van der Waals surface area contributed by atoms with Gasteiger partial charge in [0.2, 0.25) is 0 Å². The topological polar surface area (TPSA) is 29.5 Å². The Balaban J connectivity index is 2.30. The first-order valence-electron chi connectivity index (χ1n) is 5.40. The molecule has 0 heterocycles. The van der Waals surface area contributed by atoms with Crippen molar-refractivity contribution in [2.24, 2.45) is 0 Å². The molecule has 0 aliphatic heterocycles. The number of aryl methyl sites for hydroxylation is 2. The van der Waals surface area contributed by atoms with Gasteiger partial charge in [0.15, 0.2) is 0 Å². The minimum Gasteiger partial charge on any atom is -0.497 e. The Hall–Kier alpha value is -1.02. The summed E-state index contributed by atoms with van der Waals surface area (Å²) in [5, 5.41) is 9.93. The van der Waals surface area contributed by atoms with E-state index < -0.39 is 5.60 Å². The molecule has 0 saturated heterocycles. The Morgan fingerprint density at radius 1 is 1.27 bits per heavy atom. The molecule has 82 valence electrons. The first-order chi connectivity index (χ1) is 7.04. The molecule has 1 aromatic rings. The number of hydrogen-bond donors (Lipinski definition) is 1. The summed E-state index contributed by atoms with van der Waals surface area (Å²) in [4.78, 5) is 0. The largest absolute Gasteiger partial charge is 0.497 e. The summed E-state index contributed by atoms with van der Waals surface area (Å²) in [6.07, 6.45) is 2.67. The number of hydrogen-bond acceptors (Lipinski definition) is 2. The Kier molecular flexibility index (Phi) is 2.47. The van der Waals surface area contributed by atoms with Crippen LogP contribution in [0.15, 0.2) is 12.1 Å². The molecular weight excluding hydrogens is 188 g/mol. The molecule has 0 aromatic heterocycles. The van der Waals surface area contributed by atoms with Gasteiger partial charge in [-0.15, -0.1) is 0 Å². The minimum absolute atomic E-state index is 0.413. The molecular formula is C13H18O2. The third-order valence-corrected chi connectivity index (χ3v) is 3.24. The highest BCUT2D eigenvalue weighted by atomic mass is 16.5. The number of rotatable bonds is 3. The van der Waals surface area contributed by atoms with Crippen LogP contribution in [-0.4, -0.2) is 17.8 Å². The lowest BCUT2D eigenvalue weighted by Crippen LogP contribution is -2.13. The van der Waals surface area contributed by atoms with Gasteiger partial charge in [0.1, 0.15) is 5.75 Å². The number of aliphatic hydroxyl groups is 1. The van der Waals surface area contributed by atoms with Crippen molar-refractivity contribution < 1.29 is 9.84 Å². The van der Waals surface area contributed by atoms with Gasteiger partial charge in [-0.25, -0.2) is 0 Å². The average Bonchev–Trinajstić information content (AvgIpc) is 2.90. The van der Waals surface area contributed by atoms with E-state index in [0.29, 0.717) is 0 Å². The van der Waals surface area contributed by atoms with E-state index in [-0.39, 0.29) is 0 Å². The predicted molar refractivity (Wildman–Crippen MR) is 60.4 cm³/mol. The first-order valence-corrected chi connectivity index (χ1v) is 5.40. The normalized spacial score (nSPS) is 17.6. The summed E-state index contributed by atoms with van der Waals surface area (Å²) in [6, 6.07) is 4.07. The van der Waals surface area contributed by atoms with Crippen molar-refractivity contribution >= 4 is 0 Å². The van der Waals surface area contributed by atoms with Gasteiger partial charge in [-0.1, -0.05) is 0 Å². The molecule has 2 rings (SSSR count). The Bertz CT molecular complexity index is 355. The molecule has 0 amide bonds. The van der Waals surface area contributed by atoms with Crippen molar-refractivity contribution in [1.82, 2.24) is 0 Å². The third-order valence-electron chi connectivity index (χ3n) is 3.24. The maximum Gasteiger partial charge on any atom is 0.119 e. The molecule has 0 radical (unpaired) electrons. The molecule has 0 bridgehead atoms. The third kappa shape index (κ3) is 2.15. The summed E-state index contributed by atoms with van der Waals surface area (Å²) in [5.74, 6) is 0.900. The zero-order chi connectivity index (χ0) is 11.1. The fourth-order valence-corrected chi connectivity index (χ4v) is 2.00. The second-order valence-corrected chi connectivity index (χ2v) is 4.64. The summed E-state index contributed by atoms with van der Waals surface area (Å²) < 4.78 is 5.21. The average molecular weight is 206 g/mol. The van der Waals surface area contributed by atoms with Gasteiger partial charge in [-0.3, -0.25) is 0 Å². The molecule has 0 spiro atoms. The van der Waals surface area contributed by atoms with E-state index in [4.69, 9.17) is 4.74 Å². The predicted octanol–water partition coefficient (Wildman–Crippen LogP) is 2.38. The standard InChI is InChI=1S/C13H18O2/c1-9-6-11(15-3)7-10(2)12(9)8-13(14)4-5-13/h6-7,14H,4-5,8H2,1-3H3. The first kappa shape index (κ1) is 10.5. The second kappa shape index (κ2) is 3.53. The van der Waals surface area contributed by atoms with E-state index in [0.717, 1.165) is 25.0 Å². The van der Waals surface area contributed by atoms with Crippen LogP contribution in [-0.2, 0) is 6.42 Å². The maximum atomic E-state index is 9.93. The van der Waals surface area contributed by atoms with Crippen LogP contribution in [0.3, 0.4) is 0 Å². The van der Waals surface area contributed by atoms with Crippen molar-refractivity contribution in [3.63, 3.8) is 0 Å². The quantitative estimate of drug-likeness (QED) is 0.822. The molecule has 1 saturated carbocycles. The monoisotopic (exact) mass is 206 g/mol. The van der Waals surface area contributed by atoms with Gasteiger partial charge in [0, 0.05) is 6.42 Å². The zero-order valence-electron chi connectivity index (χ0n) is 9.63. The van der Waals surface area contributed by atoms with Crippen molar-refractivity contribution in [2.45, 2.75) is 38.7 Å². The van der Waals surface area contributed by atoms with Crippen molar-refractivity contribution in [1.29, 1.82) is 0 Å². The lowest BCUT2D eigenvalue weighted by molar-refractivity contribution is 0.150. The van der Waals surface area contributed by atoms with Crippen molar-refractivity contribution in [2.75, 3.05) is 7.11 Å². The van der Waals surface area contributed by atoms with E-state index in [1.54, 1.807) is 7.11 Å². The summed E-state index contributed by atoms with van der Waals surface area (Å²) in [7, 11) is 1.68. The van der Waals surface area contributed by atoms with Gasteiger partial charge in [0.05, 0.1) is 12.7 Å². The summed E-state index contributed by atoms with van der Waals surface area (Å²) >= 11 is 0. The molecule has 1 aromatic carbocycles. The highest BCUT2D eigenvalue weighted by Crippen LogP contribution is 2.40. The Morgan fingerprint density at radius 2 is 1.80 bits per heavy atom. The van der Waals surface area contributed by atoms with Crippen LogP contribution in [0.2, 0.25) is 0 Å². The van der Waals surface area contributed by atoms with E-state index in [1.807, 2.05) is 12.1 Å². The Labute approximate surface area is 90.9 Å². The molecule has 0 atom stereocenters. The maximum absolute atomic E-state index is 9.93. The van der Waals surface area contributed by atoms with Crippen LogP contribution in [0, 0.1) is 13.8 Å². The van der Waals surface area contributed by atoms with Crippen LogP contribution in [0.1, 0.15) is 29.5 Å². The molecule has 1 N–H and O–H groups in total. The molecule has 15 heavy (non-hydrogen) atoms. The van der Waals surface area contributed by atoms with Crippen molar-refractivity contribution in [3.05, 3.63) is 28.8 Å². The van der Waals surface area contributed by atoms with Crippen LogP contribution in [0.4, 0.5) is 0 Å². The SMILES string of the molecule is COc1cc(C)c(CC2(O)CC2)c(C)c1. The molecule has 1 aliphatic carbocycles.